The Morgan fingerprint density at radius 1 is 1.09 bits per heavy atom. The third-order valence-electron chi connectivity index (χ3n) is 6.23. The maximum atomic E-state index is 13.8. The number of carbonyl (C=O) groups is 1. The second-order valence-electron chi connectivity index (χ2n) is 9.63. The zero-order valence-electron chi connectivity index (χ0n) is 18.7. The van der Waals surface area contributed by atoms with Crippen LogP contribution in [-0.4, -0.2) is 38.6 Å². The topological polar surface area (TPSA) is 76.6 Å². The minimum absolute atomic E-state index is 0.0230. The lowest BCUT2D eigenvalue weighted by Crippen LogP contribution is -2.43. The molecule has 2 aromatic rings. The molecule has 0 N–H and O–H groups in total. The van der Waals surface area contributed by atoms with Gasteiger partial charge in [-0.2, -0.15) is 0 Å². The first-order valence-corrected chi connectivity index (χ1v) is 12.8. The minimum Gasteiger partial charge on any atom is -0.381 e. The standard InChI is InChI=1S/C24H29ClN2O4S/c1-23(2,3)22(28)27(19-7-8-19)21-11-4-17(16-26-21)24(12-14-31-15-13-24)32(29,30)20-9-5-18(25)6-10-20/h4-6,9-11,16,19H,7-8,12-15H2,1-3H3. The Morgan fingerprint density at radius 2 is 1.72 bits per heavy atom. The van der Waals surface area contributed by atoms with E-state index in [1.54, 1.807) is 41.4 Å². The van der Waals surface area contributed by atoms with Crippen LogP contribution in [0.5, 0.6) is 0 Å². The van der Waals surface area contributed by atoms with Crippen molar-refractivity contribution in [3.63, 3.8) is 0 Å². The van der Waals surface area contributed by atoms with Crippen molar-refractivity contribution < 1.29 is 17.9 Å². The first-order valence-electron chi connectivity index (χ1n) is 10.9. The third kappa shape index (κ3) is 4.18. The molecule has 1 aromatic carbocycles. The lowest BCUT2D eigenvalue weighted by molar-refractivity contribution is -0.125. The molecule has 0 radical (unpaired) electrons. The summed E-state index contributed by atoms with van der Waals surface area (Å²) in [7, 11) is -3.73. The van der Waals surface area contributed by atoms with Gasteiger partial charge in [-0.25, -0.2) is 13.4 Å². The Hall–Kier alpha value is -1.96. The molecule has 0 bridgehead atoms. The Kier molecular flexibility index (Phi) is 6.11. The first-order chi connectivity index (χ1) is 15.1. The van der Waals surface area contributed by atoms with Gasteiger partial charge in [0.1, 0.15) is 10.6 Å². The largest absolute Gasteiger partial charge is 0.381 e. The second kappa shape index (κ2) is 8.43. The van der Waals surface area contributed by atoms with Crippen LogP contribution in [-0.2, 0) is 24.1 Å². The van der Waals surface area contributed by atoms with Crippen LogP contribution in [0.1, 0.15) is 52.0 Å². The van der Waals surface area contributed by atoms with Crippen LogP contribution < -0.4 is 4.90 Å². The van der Waals surface area contributed by atoms with Crippen LogP contribution in [0.25, 0.3) is 0 Å². The van der Waals surface area contributed by atoms with E-state index in [2.05, 4.69) is 4.98 Å². The zero-order valence-corrected chi connectivity index (χ0v) is 20.2. The van der Waals surface area contributed by atoms with E-state index in [0.29, 0.717) is 42.5 Å². The highest BCUT2D eigenvalue weighted by Crippen LogP contribution is 2.44. The highest BCUT2D eigenvalue weighted by molar-refractivity contribution is 7.92. The van der Waals surface area contributed by atoms with Gasteiger partial charge < -0.3 is 4.74 Å². The van der Waals surface area contributed by atoms with Crippen molar-refractivity contribution in [1.29, 1.82) is 0 Å². The molecule has 2 fully saturated rings. The maximum Gasteiger partial charge on any atom is 0.233 e. The van der Waals surface area contributed by atoms with E-state index in [1.165, 1.54) is 0 Å². The third-order valence-corrected chi connectivity index (χ3v) is 9.05. The highest BCUT2D eigenvalue weighted by Gasteiger charge is 2.48. The molecule has 8 heteroatoms. The monoisotopic (exact) mass is 476 g/mol. The summed E-state index contributed by atoms with van der Waals surface area (Å²) in [4.78, 5) is 19.6. The number of hydrogen-bond acceptors (Lipinski definition) is 5. The van der Waals surface area contributed by atoms with Crippen LogP contribution in [0.3, 0.4) is 0 Å². The maximum absolute atomic E-state index is 13.8. The summed E-state index contributed by atoms with van der Waals surface area (Å²) in [5.41, 5.74) is 0.0986. The van der Waals surface area contributed by atoms with Gasteiger partial charge >= 0.3 is 0 Å². The summed E-state index contributed by atoms with van der Waals surface area (Å²) < 4.78 is 32.0. The lowest BCUT2D eigenvalue weighted by Gasteiger charge is -2.37. The average Bonchev–Trinajstić information content (AvgIpc) is 3.59. The number of pyridine rings is 1. The predicted octanol–water partition coefficient (Wildman–Crippen LogP) is 4.76. The van der Waals surface area contributed by atoms with Gasteiger partial charge in [-0.15, -0.1) is 0 Å². The van der Waals surface area contributed by atoms with Gasteiger partial charge in [0, 0.05) is 35.9 Å². The zero-order chi connectivity index (χ0) is 23.1. The molecule has 6 nitrogen and oxygen atoms in total. The molecule has 1 aromatic heterocycles. The van der Waals surface area contributed by atoms with E-state index < -0.39 is 20.0 Å². The Balaban J connectivity index is 1.74. The van der Waals surface area contributed by atoms with Crippen molar-refractivity contribution in [2.24, 2.45) is 5.41 Å². The molecule has 4 rings (SSSR count). The molecule has 1 saturated carbocycles. The predicted molar refractivity (Wildman–Crippen MR) is 125 cm³/mol. The normalized spacial score (nSPS) is 18.9. The number of benzene rings is 1. The molecule has 1 saturated heterocycles. The summed E-state index contributed by atoms with van der Waals surface area (Å²) in [6.07, 6.45) is 4.22. The average molecular weight is 477 g/mol. The van der Waals surface area contributed by atoms with Gasteiger partial charge in [0.25, 0.3) is 0 Å². The van der Waals surface area contributed by atoms with Crippen LogP contribution in [0.4, 0.5) is 5.82 Å². The summed E-state index contributed by atoms with van der Waals surface area (Å²) in [6.45, 7) is 6.40. The van der Waals surface area contributed by atoms with Gasteiger partial charge in [-0.3, -0.25) is 9.69 Å². The Bertz CT molecular complexity index is 1080. The van der Waals surface area contributed by atoms with Gasteiger partial charge in [0.2, 0.25) is 5.91 Å². The van der Waals surface area contributed by atoms with Crippen LogP contribution in [0.2, 0.25) is 5.02 Å². The molecular weight excluding hydrogens is 448 g/mol. The van der Waals surface area contributed by atoms with E-state index >= 15 is 0 Å². The fourth-order valence-electron chi connectivity index (χ4n) is 4.20. The van der Waals surface area contributed by atoms with Crippen molar-refractivity contribution in [2.75, 3.05) is 18.1 Å². The van der Waals surface area contributed by atoms with E-state index in [-0.39, 0.29) is 16.8 Å². The van der Waals surface area contributed by atoms with E-state index in [1.807, 2.05) is 26.8 Å². The summed E-state index contributed by atoms with van der Waals surface area (Å²) >= 11 is 5.98. The molecule has 1 aliphatic heterocycles. The molecule has 172 valence electrons. The van der Waals surface area contributed by atoms with Gasteiger partial charge in [0.05, 0.1) is 4.90 Å². The van der Waals surface area contributed by atoms with Crippen molar-refractivity contribution >= 4 is 33.2 Å². The molecular formula is C24H29ClN2O4S. The number of nitrogens with zero attached hydrogens (tertiary/aromatic N) is 2. The van der Waals surface area contributed by atoms with Crippen molar-refractivity contribution in [3.05, 3.63) is 53.2 Å². The van der Waals surface area contributed by atoms with Gasteiger partial charge in [-0.1, -0.05) is 38.4 Å². The number of rotatable bonds is 5. The molecule has 0 atom stereocenters. The minimum atomic E-state index is -3.73. The smallest absolute Gasteiger partial charge is 0.233 e. The molecule has 32 heavy (non-hydrogen) atoms. The number of amides is 1. The summed E-state index contributed by atoms with van der Waals surface area (Å²) in [5.74, 6) is 0.595. The van der Waals surface area contributed by atoms with E-state index in [4.69, 9.17) is 16.3 Å². The first kappa shape index (κ1) is 23.2. The molecule has 1 aliphatic carbocycles. The highest BCUT2D eigenvalue weighted by atomic mass is 35.5. The summed E-state index contributed by atoms with van der Waals surface area (Å²) in [5, 5.41) is 0.486. The van der Waals surface area contributed by atoms with Crippen molar-refractivity contribution in [1.82, 2.24) is 4.98 Å². The molecule has 0 unspecified atom stereocenters. The number of aromatic nitrogens is 1. The van der Waals surface area contributed by atoms with E-state index in [0.717, 1.165) is 12.8 Å². The van der Waals surface area contributed by atoms with Crippen molar-refractivity contribution in [3.8, 4) is 0 Å². The number of sulfone groups is 1. The molecule has 0 spiro atoms. The van der Waals surface area contributed by atoms with Gasteiger partial charge in [0.15, 0.2) is 9.84 Å². The number of halogens is 1. The van der Waals surface area contributed by atoms with E-state index in [9.17, 15) is 13.2 Å². The number of carbonyl (C=O) groups excluding carboxylic acids is 1. The second-order valence-corrected chi connectivity index (χ2v) is 12.3. The van der Waals surface area contributed by atoms with Crippen LogP contribution in [0, 0.1) is 5.41 Å². The van der Waals surface area contributed by atoms with Crippen LogP contribution >= 0.6 is 11.6 Å². The van der Waals surface area contributed by atoms with Gasteiger partial charge in [-0.05, 0) is 61.6 Å². The molecule has 2 aliphatic rings. The fourth-order valence-corrected chi connectivity index (χ4v) is 6.41. The number of ether oxygens (including phenoxy) is 1. The SMILES string of the molecule is CC(C)(C)C(=O)N(c1ccc(C2(S(=O)(=O)c3ccc(Cl)cc3)CCOCC2)cn1)C1CC1. The molecule has 2 heterocycles. The Morgan fingerprint density at radius 3 is 2.22 bits per heavy atom. The van der Waals surface area contributed by atoms with Crippen molar-refractivity contribution in [2.45, 2.75) is 62.1 Å². The fraction of sp³-hybridized carbons (Fsp3) is 0.500. The number of anilines is 1. The molecule has 1 amide bonds. The number of hydrogen-bond donors (Lipinski definition) is 0. The Labute approximate surface area is 194 Å². The lowest BCUT2D eigenvalue weighted by atomic mass is 9.91. The quantitative estimate of drug-likeness (QED) is 0.622. The summed E-state index contributed by atoms with van der Waals surface area (Å²) in [6, 6.07) is 10.0. The van der Waals surface area contributed by atoms with Crippen LogP contribution in [0.15, 0.2) is 47.5 Å².